The van der Waals surface area contributed by atoms with E-state index in [0.29, 0.717) is 25.2 Å². The minimum absolute atomic E-state index is 0.135. The van der Waals surface area contributed by atoms with Gasteiger partial charge in [-0.15, -0.1) is 0 Å². The topological polar surface area (TPSA) is 68.5 Å². The Kier molecular flexibility index (Phi) is 7.31. The van der Waals surface area contributed by atoms with Crippen molar-refractivity contribution in [1.29, 1.82) is 5.26 Å². The number of ether oxygens (including phenoxy) is 3. The zero-order valence-electron chi connectivity index (χ0n) is 14.8. The van der Waals surface area contributed by atoms with Gasteiger partial charge in [0.25, 0.3) is 0 Å². The normalized spacial score (nSPS) is 10.1. The van der Waals surface area contributed by atoms with Gasteiger partial charge in [0, 0.05) is 6.07 Å². The van der Waals surface area contributed by atoms with Gasteiger partial charge in [-0.25, -0.2) is 0 Å². The molecule has 5 nitrogen and oxygen atoms in total. The SMILES string of the molecule is CCOc1ccccc1CCC(=O)Oc1c(Cl)cc(C#N)cc1OCC. The van der Waals surface area contributed by atoms with E-state index in [2.05, 4.69) is 0 Å². The van der Waals surface area contributed by atoms with E-state index in [4.69, 9.17) is 31.1 Å². The summed E-state index contributed by atoms with van der Waals surface area (Å²) in [5, 5.41) is 9.19. The quantitative estimate of drug-likeness (QED) is 0.501. The summed E-state index contributed by atoms with van der Waals surface area (Å²) in [6.07, 6.45) is 0.638. The second kappa shape index (κ2) is 9.69. The third-order valence-corrected chi connectivity index (χ3v) is 3.81. The first-order valence-electron chi connectivity index (χ1n) is 8.36. The summed E-state index contributed by atoms with van der Waals surface area (Å²) in [6, 6.07) is 12.5. The molecule has 0 atom stereocenters. The summed E-state index contributed by atoms with van der Waals surface area (Å²) in [5.74, 6) is 0.730. The van der Waals surface area contributed by atoms with Crippen LogP contribution in [0.15, 0.2) is 36.4 Å². The summed E-state index contributed by atoms with van der Waals surface area (Å²) < 4.78 is 16.4. The third kappa shape index (κ3) is 5.14. The van der Waals surface area contributed by atoms with Crippen molar-refractivity contribution in [2.45, 2.75) is 26.7 Å². The van der Waals surface area contributed by atoms with Crippen LogP contribution in [0.25, 0.3) is 0 Å². The van der Waals surface area contributed by atoms with Crippen molar-refractivity contribution >= 4 is 17.6 Å². The van der Waals surface area contributed by atoms with Gasteiger partial charge in [0.2, 0.25) is 0 Å². The number of hydrogen-bond donors (Lipinski definition) is 0. The third-order valence-electron chi connectivity index (χ3n) is 3.53. The number of carbonyl (C=O) groups excluding carboxylic acids is 1. The molecule has 0 saturated carbocycles. The highest BCUT2D eigenvalue weighted by atomic mass is 35.5. The predicted molar refractivity (Wildman–Crippen MR) is 98.9 cm³/mol. The molecular formula is C20H20ClNO4. The Morgan fingerprint density at radius 3 is 2.50 bits per heavy atom. The average Bonchev–Trinajstić information content (AvgIpc) is 2.64. The van der Waals surface area contributed by atoms with Crippen molar-refractivity contribution in [2.24, 2.45) is 0 Å². The van der Waals surface area contributed by atoms with Crippen LogP contribution >= 0.6 is 11.6 Å². The van der Waals surface area contributed by atoms with Crippen LogP contribution in [0.1, 0.15) is 31.4 Å². The molecule has 0 aromatic heterocycles. The van der Waals surface area contributed by atoms with Crippen molar-refractivity contribution < 1.29 is 19.0 Å². The maximum Gasteiger partial charge on any atom is 0.311 e. The molecule has 0 saturated heterocycles. The van der Waals surface area contributed by atoms with E-state index in [1.165, 1.54) is 12.1 Å². The molecule has 26 heavy (non-hydrogen) atoms. The standard InChI is InChI=1S/C20H20ClNO4/c1-3-24-17-8-6-5-7-15(17)9-10-19(23)26-20-16(21)11-14(13-22)12-18(20)25-4-2/h5-8,11-12H,3-4,9-10H2,1-2H3. The molecule has 2 aromatic rings. The van der Waals surface area contributed by atoms with E-state index in [9.17, 15) is 4.79 Å². The van der Waals surface area contributed by atoms with Gasteiger partial charge in [-0.3, -0.25) is 4.79 Å². The molecule has 0 fully saturated rings. The molecule has 2 aromatic carbocycles. The summed E-state index contributed by atoms with van der Waals surface area (Å²) in [7, 11) is 0. The molecule has 0 radical (unpaired) electrons. The second-order valence-electron chi connectivity index (χ2n) is 5.34. The monoisotopic (exact) mass is 373 g/mol. The Labute approximate surface area is 158 Å². The number of nitrogens with zero attached hydrogens (tertiary/aromatic N) is 1. The molecule has 0 aliphatic carbocycles. The van der Waals surface area contributed by atoms with Gasteiger partial charge in [0.15, 0.2) is 11.5 Å². The molecule has 136 valence electrons. The molecule has 0 unspecified atom stereocenters. The lowest BCUT2D eigenvalue weighted by Gasteiger charge is -2.13. The van der Waals surface area contributed by atoms with Gasteiger partial charge >= 0.3 is 5.97 Å². The van der Waals surface area contributed by atoms with E-state index in [0.717, 1.165) is 11.3 Å². The van der Waals surface area contributed by atoms with Crippen LogP contribution in [-0.4, -0.2) is 19.2 Å². The number of benzene rings is 2. The number of para-hydroxylation sites is 1. The Balaban J connectivity index is 2.10. The Bertz CT molecular complexity index is 814. The summed E-state index contributed by atoms with van der Waals surface area (Å²) in [4.78, 5) is 12.3. The minimum atomic E-state index is -0.441. The van der Waals surface area contributed by atoms with Crippen molar-refractivity contribution in [3.05, 3.63) is 52.5 Å². The first-order chi connectivity index (χ1) is 12.6. The van der Waals surface area contributed by atoms with Crippen molar-refractivity contribution in [1.82, 2.24) is 0 Å². The van der Waals surface area contributed by atoms with E-state index in [1.807, 2.05) is 37.3 Å². The number of carbonyl (C=O) groups is 1. The maximum absolute atomic E-state index is 12.3. The number of nitriles is 1. The molecule has 0 aliphatic rings. The van der Waals surface area contributed by atoms with Gasteiger partial charge in [0.1, 0.15) is 5.75 Å². The van der Waals surface area contributed by atoms with Crippen LogP contribution in [0, 0.1) is 11.3 Å². The maximum atomic E-state index is 12.3. The highest BCUT2D eigenvalue weighted by Gasteiger charge is 2.17. The van der Waals surface area contributed by atoms with Crippen LogP contribution in [0.2, 0.25) is 5.02 Å². The molecule has 0 bridgehead atoms. The number of aryl methyl sites for hydroxylation is 1. The molecule has 6 heteroatoms. The highest BCUT2D eigenvalue weighted by molar-refractivity contribution is 6.32. The zero-order valence-corrected chi connectivity index (χ0v) is 15.5. The second-order valence-corrected chi connectivity index (χ2v) is 5.75. The van der Waals surface area contributed by atoms with Gasteiger partial charge < -0.3 is 14.2 Å². The number of rotatable bonds is 8. The van der Waals surface area contributed by atoms with Crippen LogP contribution in [-0.2, 0) is 11.2 Å². The molecule has 0 heterocycles. The predicted octanol–water partition coefficient (Wildman–Crippen LogP) is 4.55. The minimum Gasteiger partial charge on any atom is -0.494 e. The van der Waals surface area contributed by atoms with Crippen LogP contribution in [0.5, 0.6) is 17.2 Å². The van der Waals surface area contributed by atoms with Gasteiger partial charge in [-0.1, -0.05) is 29.8 Å². The molecular weight excluding hydrogens is 354 g/mol. The van der Waals surface area contributed by atoms with Gasteiger partial charge in [-0.2, -0.15) is 5.26 Å². The zero-order chi connectivity index (χ0) is 18.9. The van der Waals surface area contributed by atoms with E-state index < -0.39 is 5.97 Å². The molecule has 0 amide bonds. The summed E-state index contributed by atoms with van der Waals surface area (Å²) >= 11 is 6.15. The Morgan fingerprint density at radius 2 is 1.81 bits per heavy atom. The van der Waals surface area contributed by atoms with E-state index in [1.54, 1.807) is 6.92 Å². The van der Waals surface area contributed by atoms with Gasteiger partial charge in [-0.05, 0) is 38.0 Å². The molecule has 2 rings (SSSR count). The van der Waals surface area contributed by atoms with Crippen LogP contribution in [0.3, 0.4) is 0 Å². The number of halogens is 1. The lowest BCUT2D eigenvalue weighted by molar-refractivity contribution is -0.134. The van der Waals surface area contributed by atoms with Crippen molar-refractivity contribution in [3.63, 3.8) is 0 Å². The molecule has 0 aliphatic heterocycles. The highest BCUT2D eigenvalue weighted by Crippen LogP contribution is 2.37. The first-order valence-corrected chi connectivity index (χ1v) is 8.74. The van der Waals surface area contributed by atoms with Gasteiger partial charge in [0.05, 0.1) is 36.3 Å². The largest absolute Gasteiger partial charge is 0.494 e. The van der Waals surface area contributed by atoms with Crippen LogP contribution < -0.4 is 14.2 Å². The Morgan fingerprint density at radius 1 is 1.12 bits per heavy atom. The fraction of sp³-hybridized carbons (Fsp3) is 0.300. The molecule has 0 N–H and O–H groups in total. The fourth-order valence-corrected chi connectivity index (χ4v) is 2.65. The fourth-order valence-electron chi connectivity index (χ4n) is 2.40. The lowest BCUT2D eigenvalue weighted by atomic mass is 10.1. The Hall–Kier alpha value is -2.71. The smallest absolute Gasteiger partial charge is 0.311 e. The average molecular weight is 374 g/mol. The van der Waals surface area contributed by atoms with E-state index >= 15 is 0 Å². The molecule has 0 spiro atoms. The summed E-state index contributed by atoms with van der Waals surface area (Å²) in [5.41, 5.74) is 1.27. The summed E-state index contributed by atoms with van der Waals surface area (Å²) in [6.45, 7) is 4.62. The number of esters is 1. The van der Waals surface area contributed by atoms with Crippen molar-refractivity contribution in [2.75, 3.05) is 13.2 Å². The van der Waals surface area contributed by atoms with Crippen LogP contribution in [0.4, 0.5) is 0 Å². The first kappa shape index (κ1) is 19.6. The lowest BCUT2D eigenvalue weighted by Crippen LogP contribution is -2.11. The number of hydrogen-bond acceptors (Lipinski definition) is 5. The van der Waals surface area contributed by atoms with E-state index in [-0.39, 0.29) is 22.9 Å². The van der Waals surface area contributed by atoms with Crippen molar-refractivity contribution in [3.8, 4) is 23.3 Å².